The molecule has 1 aliphatic heterocycles. The number of methoxy groups -OCH3 is 1. The van der Waals surface area contributed by atoms with E-state index in [4.69, 9.17) is 20.8 Å². The van der Waals surface area contributed by atoms with Crippen molar-refractivity contribution in [3.8, 4) is 28.2 Å². The molecule has 6 nitrogen and oxygen atoms in total. The lowest BCUT2D eigenvalue weighted by atomic mass is 10.0. The molecule has 7 heteroatoms. The summed E-state index contributed by atoms with van der Waals surface area (Å²) in [6, 6.07) is 16.5. The summed E-state index contributed by atoms with van der Waals surface area (Å²) in [6.45, 7) is 0.877. The first-order valence-corrected chi connectivity index (χ1v) is 9.53. The van der Waals surface area contributed by atoms with E-state index in [1.54, 1.807) is 25.3 Å². The van der Waals surface area contributed by atoms with E-state index >= 15 is 0 Å². The van der Waals surface area contributed by atoms with Crippen molar-refractivity contribution in [2.45, 2.75) is 0 Å². The van der Waals surface area contributed by atoms with Crippen molar-refractivity contribution < 1.29 is 18.7 Å². The number of amides is 2. The maximum Gasteiger partial charge on any atom is 0.290 e. The summed E-state index contributed by atoms with van der Waals surface area (Å²) in [5.41, 5.74) is 2.35. The summed E-state index contributed by atoms with van der Waals surface area (Å²) in [4.78, 5) is 26.1. The van der Waals surface area contributed by atoms with Crippen molar-refractivity contribution in [1.29, 1.82) is 0 Å². The molecule has 0 unspecified atom stereocenters. The van der Waals surface area contributed by atoms with E-state index in [0.717, 1.165) is 16.7 Å². The molecule has 1 aliphatic rings. The second-order valence-corrected chi connectivity index (χ2v) is 7.11. The van der Waals surface area contributed by atoms with Gasteiger partial charge in [-0.2, -0.15) is 0 Å². The van der Waals surface area contributed by atoms with Crippen molar-refractivity contribution in [3.05, 3.63) is 65.4 Å². The van der Waals surface area contributed by atoms with Crippen LogP contribution < -0.4 is 10.1 Å². The lowest BCUT2D eigenvalue weighted by molar-refractivity contribution is -0.123. The van der Waals surface area contributed by atoms with E-state index in [9.17, 15) is 9.59 Å². The fourth-order valence-electron chi connectivity index (χ4n) is 3.31. The fraction of sp³-hybridized carbons (Fsp3) is 0.182. The van der Waals surface area contributed by atoms with Crippen LogP contribution in [-0.4, -0.2) is 43.5 Å². The molecule has 1 N–H and O–H groups in total. The predicted octanol–water partition coefficient (Wildman–Crippen LogP) is 3.85. The van der Waals surface area contributed by atoms with Gasteiger partial charge in [0.25, 0.3) is 5.91 Å². The van der Waals surface area contributed by atoms with Crippen molar-refractivity contribution in [2.24, 2.45) is 0 Å². The van der Waals surface area contributed by atoms with Crippen molar-refractivity contribution in [1.82, 2.24) is 10.2 Å². The number of hydrogen-bond donors (Lipinski definition) is 1. The highest BCUT2D eigenvalue weighted by Gasteiger charge is 2.27. The summed E-state index contributed by atoms with van der Waals surface area (Å²) in [6.07, 6.45) is 0. The summed E-state index contributed by atoms with van der Waals surface area (Å²) < 4.78 is 11.3. The van der Waals surface area contributed by atoms with Crippen LogP contribution >= 0.6 is 11.6 Å². The van der Waals surface area contributed by atoms with Gasteiger partial charge in [0.15, 0.2) is 5.76 Å². The van der Waals surface area contributed by atoms with Crippen molar-refractivity contribution in [3.63, 3.8) is 0 Å². The van der Waals surface area contributed by atoms with Crippen LogP contribution in [0.4, 0.5) is 0 Å². The van der Waals surface area contributed by atoms with Crippen LogP contribution in [0.2, 0.25) is 5.02 Å². The topological polar surface area (TPSA) is 71.8 Å². The zero-order valence-corrected chi connectivity index (χ0v) is 16.5. The highest BCUT2D eigenvalue weighted by Crippen LogP contribution is 2.37. The molecule has 29 heavy (non-hydrogen) atoms. The second kappa shape index (κ2) is 8.01. The van der Waals surface area contributed by atoms with Gasteiger partial charge in [0.05, 0.1) is 7.11 Å². The Morgan fingerprint density at radius 2 is 1.93 bits per heavy atom. The number of piperazine rings is 1. The molecule has 1 fully saturated rings. The normalized spacial score (nSPS) is 13.9. The van der Waals surface area contributed by atoms with Gasteiger partial charge in [0.2, 0.25) is 5.91 Å². The van der Waals surface area contributed by atoms with E-state index in [-0.39, 0.29) is 24.1 Å². The zero-order chi connectivity index (χ0) is 20.4. The first-order chi connectivity index (χ1) is 14.0. The number of halogens is 1. The largest absolute Gasteiger partial charge is 0.497 e. The fourth-order valence-corrected chi connectivity index (χ4v) is 3.50. The minimum Gasteiger partial charge on any atom is -0.497 e. The molecule has 1 saturated heterocycles. The molecular formula is C22H19ClN2O4. The molecular weight excluding hydrogens is 392 g/mol. The van der Waals surface area contributed by atoms with Crippen molar-refractivity contribution >= 4 is 23.4 Å². The molecule has 148 valence electrons. The first-order valence-electron chi connectivity index (χ1n) is 9.15. The highest BCUT2D eigenvalue weighted by atomic mass is 35.5. The van der Waals surface area contributed by atoms with E-state index in [0.29, 0.717) is 29.6 Å². The molecule has 2 amide bonds. The lowest BCUT2D eigenvalue weighted by Crippen LogP contribution is -2.49. The summed E-state index contributed by atoms with van der Waals surface area (Å²) in [7, 11) is 1.60. The SMILES string of the molecule is COc1cccc(-c2cc(C(=O)N3CCNC(=O)C3)oc2-c2cccc(Cl)c2)c1. The highest BCUT2D eigenvalue weighted by molar-refractivity contribution is 6.30. The van der Waals surface area contributed by atoms with Gasteiger partial charge in [-0.1, -0.05) is 35.9 Å². The molecule has 0 radical (unpaired) electrons. The molecule has 1 aromatic heterocycles. The molecule has 0 spiro atoms. The van der Waals surface area contributed by atoms with Crippen LogP contribution in [-0.2, 0) is 4.79 Å². The number of furan rings is 1. The van der Waals surface area contributed by atoms with Crippen LogP contribution in [0.15, 0.2) is 59.0 Å². The molecule has 3 aromatic rings. The Hall–Kier alpha value is -3.25. The third-order valence-corrected chi connectivity index (χ3v) is 4.97. The van der Waals surface area contributed by atoms with Gasteiger partial charge in [0.1, 0.15) is 18.1 Å². The van der Waals surface area contributed by atoms with Gasteiger partial charge in [0, 0.05) is 29.2 Å². The molecule has 0 saturated carbocycles. The van der Waals surface area contributed by atoms with Gasteiger partial charge in [-0.25, -0.2) is 0 Å². The quantitative estimate of drug-likeness (QED) is 0.709. The van der Waals surface area contributed by atoms with Gasteiger partial charge >= 0.3 is 0 Å². The molecule has 2 aromatic carbocycles. The summed E-state index contributed by atoms with van der Waals surface area (Å²) in [5.74, 6) is 0.899. The minimum absolute atomic E-state index is 0.0144. The first kappa shape index (κ1) is 19.1. The van der Waals surface area contributed by atoms with Crippen LogP contribution in [0, 0.1) is 0 Å². The number of carbonyl (C=O) groups excluding carboxylic acids is 2. The predicted molar refractivity (Wildman–Crippen MR) is 110 cm³/mol. The van der Waals surface area contributed by atoms with Crippen molar-refractivity contribution in [2.75, 3.05) is 26.7 Å². The van der Waals surface area contributed by atoms with Crippen LogP contribution in [0.25, 0.3) is 22.5 Å². The average Bonchev–Trinajstić information content (AvgIpc) is 3.19. The standard InChI is InChI=1S/C22H19ClN2O4/c1-28-17-7-3-4-14(11-17)18-12-19(22(27)25-9-8-24-20(26)13-25)29-21(18)15-5-2-6-16(23)10-15/h2-7,10-12H,8-9,13H2,1H3,(H,24,26). The van der Waals surface area contributed by atoms with E-state index in [2.05, 4.69) is 5.32 Å². The smallest absolute Gasteiger partial charge is 0.290 e. The molecule has 2 heterocycles. The van der Waals surface area contributed by atoms with Crippen LogP contribution in [0.3, 0.4) is 0 Å². The lowest BCUT2D eigenvalue weighted by Gasteiger charge is -2.25. The Balaban J connectivity index is 1.80. The number of nitrogens with one attached hydrogen (secondary N) is 1. The third kappa shape index (κ3) is 3.98. The Morgan fingerprint density at radius 1 is 1.14 bits per heavy atom. The monoisotopic (exact) mass is 410 g/mol. The van der Waals surface area contributed by atoms with E-state index < -0.39 is 0 Å². The van der Waals surface area contributed by atoms with E-state index in [1.165, 1.54) is 4.90 Å². The Labute approximate surface area is 173 Å². The number of ether oxygens (including phenoxy) is 1. The maximum absolute atomic E-state index is 13.0. The summed E-state index contributed by atoms with van der Waals surface area (Å²) >= 11 is 6.17. The molecule has 0 atom stereocenters. The number of carbonyl (C=O) groups is 2. The third-order valence-electron chi connectivity index (χ3n) is 4.74. The van der Waals surface area contributed by atoms with Gasteiger partial charge in [-0.15, -0.1) is 0 Å². The number of hydrogen-bond acceptors (Lipinski definition) is 4. The van der Waals surface area contributed by atoms with Gasteiger partial charge in [-0.05, 0) is 35.9 Å². The average molecular weight is 411 g/mol. The molecule has 0 aliphatic carbocycles. The number of nitrogens with zero attached hydrogens (tertiary/aromatic N) is 1. The maximum atomic E-state index is 13.0. The number of benzene rings is 2. The zero-order valence-electron chi connectivity index (χ0n) is 15.8. The Bertz CT molecular complexity index is 1080. The van der Waals surface area contributed by atoms with E-state index in [1.807, 2.05) is 36.4 Å². The number of rotatable bonds is 4. The van der Waals surface area contributed by atoms with Crippen LogP contribution in [0.1, 0.15) is 10.6 Å². The van der Waals surface area contributed by atoms with Gasteiger partial charge < -0.3 is 19.4 Å². The molecule has 0 bridgehead atoms. The second-order valence-electron chi connectivity index (χ2n) is 6.67. The Morgan fingerprint density at radius 3 is 2.69 bits per heavy atom. The van der Waals surface area contributed by atoms with Gasteiger partial charge in [-0.3, -0.25) is 9.59 Å². The summed E-state index contributed by atoms with van der Waals surface area (Å²) in [5, 5.41) is 3.28. The molecule has 4 rings (SSSR count). The van der Waals surface area contributed by atoms with Crippen LogP contribution in [0.5, 0.6) is 5.75 Å². The minimum atomic E-state index is -0.322. The Kier molecular flexibility index (Phi) is 5.27.